The van der Waals surface area contributed by atoms with Gasteiger partial charge in [-0.3, -0.25) is 19.9 Å². The molecule has 0 aromatic rings. The Bertz CT molecular complexity index is 358. The molecule has 2 amide bonds. The van der Waals surface area contributed by atoms with Crippen LogP contribution in [0.3, 0.4) is 0 Å². The lowest BCUT2D eigenvalue weighted by atomic mass is 9.96. The normalized spacial score (nSPS) is 25.5. The molecule has 0 saturated carbocycles. The van der Waals surface area contributed by atoms with E-state index in [4.69, 9.17) is 5.84 Å². The molecule has 2 saturated heterocycles. The number of hydrogen-bond acceptors (Lipinski definition) is 5. The molecule has 2 heterocycles. The number of likely N-dealkylation sites (tertiary alicyclic amines) is 1. The Morgan fingerprint density at radius 3 is 2.60 bits per heavy atom. The van der Waals surface area contributed by atoms with E-state index in [-0.39, 0.29) is 17.7 Å². The van der Waals surface area contributed by atoms with Gasteiger partial charge in [-0.2, -0.15) is 11.8 Å². The molecule has 0 bridgehead atoms. The molecule has 0 aliphatic carbocycles. The van der Waals surface area contributed by atoms with Crippen LogP contribution in [0, 0.1) is 5.92 Å². The third-order valence-electron chi connectivity index (χ3n) is 4.04. The Morgan fingerprint density at radius 1 is 1.30 bits per heavy atom. The molecule has 0 aromatic carbocycles. The molecule has 3 N–H and O–H groups in total. The summed E-state index contributed by atoms with van der Waals surface area (Å²) >= 11 is 1.97. The maximum atomic E-state index is 12.3. The van der Waals surface area contributed by atoms with E-state index in [9.17, 15) is 9.59 Å². The van der Waals surface area contributed by atoms with Gasteiger partial charge in [-0.05, 0) is 12.8 Å². The summed E-state index contributed by atoms with van der Waals surface area (Å²) < 4.78 is 0. The van der Waals surface area contributed by atoms with Gasteiger partial charge in [0, 0.05) is 43.1 Å². The summed E-state index contributed by atoms with van der Waals surface area (Å²) in [5, 5.41) is 0.607. The van der Waals surface area contributed by atoms with Crippen molar-refractivity contribution in [2.45, 2.75) is 25.0 Å². The third kappa shape index (κ3) is 4.10. The van der Waals surface area contributed by atoms with E-state index < -0.39 is 0 Å². The minimum atomic E-state index is -0.112. The Labute approximate surface area is 124 Å². The fourth-order valence-electron chi connectivity index (χ4n) is 2.83. The summed E-state index contributed by atoms with van der Waals surface area (Å²) in [6, 6.07) is 0. The molecule has 2 fully saturated rings. The topological polar surface area (TPSA) is 78.7 Å². The van der Waals surface area contributed by atoms with Crippen LogP contribution in [0.5, 0.6) is 0 Å². The average Bonchev–Trinajstić information content (AvgIpc) is 2.46. The van der Waals surface area contributed by atoms with Gasteiger partial charge in [0.2, 0.25) is 11.8 Å². The van der Waals surface area contributed by atoms with Gasteiger partial charge in [0.15, 0.2) is 0 Å². The van der Waals surface area contributed by atoms with Crippen LogP contribution in [-0.4, -0.2) is 65.3 Å². The quantitative estimate of drug-likeness (QED) is 0.423. The van der Waals surface area contributed by atoms with E-state index >= 15 is 0 Å². The van der Waals surface area contributed by atoms with E-state index in [0.29, 0.717) is 37.7 Å². The number of nitrogens with one attached hydrogen (secondary N) is 1. The van der Waals surface area contributed by atoms with Crippen molar-refractivity contribution in [3.8, 4) is 0 Å². The van der Waals surface area contributed by atoms with Crippen molar-refractivity contribution in [1.29, 1.82) is 0 Å². The second-order valence-electron chi connectivity index (χ2n) is 5.58. The summed E-state index contributed by atoms with van der Waals surface area (Å²) in [5.74, 6) is 6.28. The molecular formula is C13H24N4O2S. The summed E-state index contributed by atoms with van der Waals surface area (Å²) in [5.41, 5.74) is 2.20. The molecule has 2 rings (SSSR count). The number of piperidine rings is 1. The Kier molecular flexibility index (Phi) is 5.68. The summed E-state index contributed by atoms with van der Waals surface area (Å²) in [4.78, 5) is 27.8. The first-order valence-electron chi connectivity index (χ1n) is 7.22. The minimum absolute atomic E-state index is 0.0459. The van der Waals surface area contributed by atoms with Crippen LogP contribution in [0.2, 0.25) is 0 Å². The Morgan fingerprint density at radius 2 is 2.00 bits per heavy atom. The van der Waals surface area contributed by atoms with Gasteiger partial charge >= 0.3 is 0 Å². The van der Waals surface area contributed by atoms with Crippen molar-refractivity contribution in [2.75, 3.05) is 38.5 Å². The van der Waals surface area contributed by atoms with E-state index in [1.807, 2.05) is 16.7 Å². The number of carbonyl (C=O) groups is 2. The highest BCUT2D eigenvalue weighted by molar-refractivity contribution is 7.99. The molecule has 7 heteroatoms. The Hall–Kier alpha value is -0.790. The fourth-order valence-corrected chi connectivity index (χ4v) is 3.92. The monoisotopic (exact) mass is 300 g/mol. The van der Waals surface area contributed by atoms with Crippen LogP contribution in [0.4, 0.5) is 0 Å². The van der Waals surface area contributed by atoms with E-state index in [0.717, 1.165) is 18.8 Å². The summed E-state index contributed by atoms with van der Waals surface area (Å²) in [7, 11) is 0. The van der Waals surface area contributed by atoms with Gasteiger partial charge in [0.05, 0.1) is 6.54 Å². The number of hydrogen-bond donors (Lipinski definition) is 2. The second kappa shape index (κ2) is 7.28. The summed E-state index contributed by atoms with van der Waals surface area (Å²) in [6.07, 6.45) is 1.42. The van der Waals surface area contributed by atoms with Crippen LogP contribution in [0.25, 0.3) is 0 Å². The lowest BCUT2D eigenvalue weighted by Gasteiger charge is -2.35. The third-order valence-corrected chi connectivity index (χ3v) is 5.18. The van der Waals surface area contributed by atoms with Crippen molar-refractivity contribution in [3.63, 3.8) is 0 Å². The summed E-state index contributed by atoms with van der Waals surface area (Å²) in [6.45, 7) is 6.02. The molecule has 0 spiro atoms. The lowest BCUT2D eigenvalue weighted by molar-refractivity contribution is -0.136. The number of nitrogens with two attached hydrogens (primary N) is 1. The number of rotatable bonds is 3. The first-order valence-corrected chi connectivity index (χ1v) is 8.27. The predicted octanol–water partition coefficient (Wildman–Crippen LogP) is -0.348. The highest BCUT2D eigenvalue weighted by Gasteiger charge is 2.28. The molecule has 2 aliphatic heterocycles. The van der Waals surface area contributed by atoms with Crippen molar-refractivity contribution in [3.05, 3.63) is 0 Å². The lowest BCUT2D eigenvalue weighted by Crippen LogP contribution is -2.49. The Balaban J connectivity index is 1.75. The molecule has 0 radical (unpaired) electrons. The van der Waals surface area contributed by atoms with Crippen LogP contribution in [0.15, 0.2) is 0 Å². The second-order valence-corrected chi connectivity index (χ2v) is 7.13. The van der Waals surface area contributed by atoms with Crippen LogP contribution >= 0.6 is 11.8 Å². The first kappa shape index (κ1) is 15.6. The van der Waals surface area contributed by atoms with Crippen molar-refractivity contribution < 1.29 is 9.59 Å². The van der Waals surface area contributed by atoms with E-state index in [2.05, 4.69) is 17.2 Å². The van der Waals surface area contributed by atoms with Crippen LogP contribution in [-0.2, 0) is 9.59 Å². The van der Waals surface area contributed by atoms with Gasteiger partial charge < -0.3 is 4.90 Å². The van der Waals surface area contributed by atoms with Gasteiger partial charge in [0.25, 0.3) is 0 Å². The first-order chi connectivity index (χ1) is 9.60. The van der Waals surface area contributed by atoms with Gasteiger partial charge in [0.1, 0.15) is 0 Å². The van der Waals surface area contributed by atoms with Crippen molar-refractivity contribution >= 4 is 23.6 Å². The fraction of sp³-hybridized carbons (Fsp3) is 0.846. The molecular weight excluding hydrogens is 276 g/mol. The highest BCUT2D eigenvalue weighted by atomic mass is 32.2. The average molecular weight is 300 g/mol. The molecule has 0 aromatic heterocycles. The number of amides is 2. The standard InChI is InChI=1S/C13H24N4O2S/c1-10-8-16(6-7-20-10)9-12(18)17-4-2-11(3-5-17)13(19)15-14/h10-11H,2-9,14H2,1H3,(H,15,19). The molecule has 114 valence electrons. The number of thioether (sulfide) groups is 1. The zero-order valence-electron chi connectivity index (χ0n) is 12.0. The zero-order chi connectivity index (χ0) is 14.5. The maximum absolute atomic E-state index is 12.3. The predicted molar refractivity (Wildman–Crippen MR) is 80.0 cm³/mol. The molecule has 6 nitrogen and oxygen atoms in total. The van der Waals surface area contributed by atoms with Gasteiger partial charge in [-0.1, -0.05) is 6.92 Å². The molecule has 1 atom stereocenters. The molecule has 20 heavy (non-hydrogen) atoms. The highest BCUT2D eigenvalue weighted by Crippen LogP contribution is 2.19. The van der Waals surface area contributed by atoms with Gasteiger partial charge in [-0.25, -0.2) is 5.84 Å². The van der Waals surface area contributed by atoms with Crippen molar-refractivity contribution in [1.82, 2.24) is 15.2 Å². The van der Waals surface area contributed by atoms with Crippen LogP contribution in [0.1, 0.15) is 19.8 Å². The number of nitrogens with zero attached hydrogens (tertiary/aromatic N) is 2. The number of carbonyl (C=O) groups excluding carboxylic acids is 2. The van der Waals surface area contributed by atoms with E-state index in [1.54, 1.807) is 0 Å². The largest absolute Gasteiger partial charge is 0.342 e. The zero-order valence-corrected chi connectivity index (χ0v) is 12.8. The number of hydrazine groups is 1. The van der Waals surface area contributed by atoms with Crippen LogP contribution < -0.4 is 11.3 Å². The van der Waals surface area contributed by atoms with E-state index in [1.165, 1.54) is 0 Å². The molecule has 2 aliphatic rings. The smallest absolute Gasteiger partial charge is 0.237 e. The van der Waals surface area contributed by atoms with Gasteiger partial charge in [-0.15, -0.1) is 0 Å². The molecule has 1 unspecified atom stereocenters. The SMILES string of the molecule is CC1CN(CC(=O)N2CCC(C(=O)NN)CC2)CCS1. The maximum Gasteiger partial charge on any atom is 0.237 e. The van der Waals surface area contributed by atoms with Crippen molar-refractivity contribution in [2.24, 2.45) is 11.8 Å². The minimum Gasteiger partial charge on any atom is -0.342 e.